The van der Waals surface area contributed by atoms with Gasteiger partial charge in [0.15, 0.2) is 5.76 Å². The van der Waals surface area contributed by atoms with Gasteiger partial charge >= 0.3 is 0 Å². The van der Waals surface area contributed by atoms with Gasteiger partial charge in [-0.25, -0.2) is 4.39 Å². The van der Waals surface area contributed by atoms with Crippen LogP contribution >= 0.6 is 0 Å². The predicted molar refractivity (Wildman–Crippen MR) is 74.9 cm³/mol. The summed E-state index contributed by atoms with van der Waals surface area (Å²) >= 11 is 0. The second-order valence-corrected chi connectivity index (χ2v) is 4.57. The minimum atomic E-state index is -0.351. The average Bonchev–Trinajstić information content (AvgIpc) is 3.14. The molecule has 0 spiro atoms. The molecule has 2 heterocycles. The maximum atomic E-state index is 13.2. The number of rotatable bonds is 2. The van der Waals surface area contributed by atoms with Crippen molar-refractivity contribution in [3.05, 3.63) is 60.4 Å². The van der Waals surface area contributed by atoms with Gasteiger partial charge in [-0.2, -0.15) is 0 Å². The normalized spacial score (nSPS) is 11.1. The third-order valence-electron chi connectivity index (χ3n) is 3.13. The van der Waals surface area contributed by atoms with Gasteiger partial charge in [0, 0.05) is 10.9 Å². The molecule has 4 aromatic rings. The van der Waals surface area contributed by atoms with Gasteiger partial charge in [0.25, 0.3) is 5.89 Å². The van der Waals surface area contributed by atoms with E-state index >= 15 is 0 Å². The summed E-state index contributed by atoms with van der Waals surface area (Å²) in [6.45, 7) is 0. The zero-order valence-electron chi connectivity index (χ0n) is 10.8. The summed E-state index contributed by atoms with van der Waals surface area (Å²) in [6.07, 6.45) is 0. The highest BCUT2D eigenvalue weighted by atomic mass is 19.1. The Balaban J connectivity index is 1.77. The molecule has 2 aromatic heterocycles. The van der Waals surface area contributed by atoms with Crippen LogP contribution < -0.4 is 0 Å². The van der Waals surface area contributed by atoms with E-state index in [4.69, 9.17) is 8.83 Å². The molecule has 0 saturated heterocycles. The third-order valence-corrected chi connectivity index (χ3v) is 3.13. The maximum Gasteiger partial charge on any atom is 0.283 e. The number of fused-ring (bicyclic) bond motifs is 1. The van der Waals surface area contributed by atoms with Crippen LogP contribution in [0.25, 0.3) is 34.1 Å². The quantitative estimate of drug-likeness (QED) is 0.549. The molecule has 0 radical (unpaired) electrons. The first-order valence-electron chi connectivity index (χ1n) is 6.38. The van der Waals surface area contributed by atoms with Crippen molar-refractivity contribution < 1.29 is 13.2 Å². The first-order chi connectivity index (χ1) is 10.3. The van der Waals surface area contributed by atoms with Crippen LogP contribution in [0.2, 0.25) is 0 Å². The van der Waals surface area contributed by atoms with Crippen LogP contribution in [0.3, 0.4) is 0 Å². The predicted octanol–water partition coefficient (Wildman–Crippen LogP) is 4.29. The Bertz CT molecular complexity index is 894. The number of halogens is 1. The minimum Gasteiger partial charge on any atom is -0.451 e. The summed E-state index contributed by atoms with van der Waals surface area (Å²) in [6, 6.07) is 15.5. The molecule has 0 atom stereocenters. The van der Waals surface area contributed by atoms with E-state index in [1.165, 1.54) is 12.1 Å². The fourth-order valence-corrected chi connectivity index (χ4v) is 2.15. The highest BCUT2D eigenvalue weighted by Crippen LogP contribution is 2.29. The summed E-state index contributed by atoms with van der Waals surface area (Å²) < 4.78 is 24.4. The van der Waals surface area contributed by atoms with Gasteiger partial charge in [0.2, 0.25) is 5.89 Å². The van der Waals surface area contributed by atoms with Crippen LogP contribution in [-0.2, 0) is 0 Å². The molecule has 0 fully saturated rings. The van der Waals surface area contributed by atoms with Crippen molar-refractivity contribution in [3.8, 4) is 23.1 Å². The van der Waals surface area contributed by atoms with E-state index in [0.717, 1.165) is 11.0 Å². The van der Waals surface area contributed by atoms with E-state index in [0.29, 0.717) is 11.3 Å². The Morgan fingerprint density at radius 1 is 0.810 bits per heavy atom. The maximum absolute atomic E-state index is 13.2. The van der Waals surface area contributed by atoms with Crippen molar-refractivity contribution in [2.45, 2.75) is 0 Å². The number of benzene rings is 2. The van der Waals surface area contributed by atoms with E-state index in [1.54, 1.807) is 12.1 Å². The first-order valence-corrected chi connectivity index (χ1v) is 6.38. The molecule has 0 saturated carbocycles. The van der Waals surface area contributed by atoms with Crippen LogP contribution in [0, 0.1) is 5.82 Å². The lowest BCUT2D eigenvalue weighted by Crippen LogP contribution is -1.79. The lowest BCUT2D eigenvalue weighted by molar-refractivity contribution is 0.541. The van der Waals surface area contributed by atoms with Gasteiger partial charge in [-0.05, 0) is 30.3 Å². The highest BCUT2D eigenvalue weighted by molar-refractivity contribution is 5.81. The van der Waals surface area contributed by atoms with Crippen molar-refractivity contribution in [1.82, 2.24) is 10.2 Å². The fraction of sp³-hybridized carbons (Fsp3) is 0. The van der Waals surface area contributed by atoms with Gasteiger partial charge in [-0.3, -0.25) is 0 Å². The Morgan fingerprint density at radius 2 is 1.67 bits per heavy atom. The van der Waals surface area contributed by atoms with Gasteiger partial charge in [0.05, 0.1) is 0 Å². The van der Waals surface area contributed by atoms with Crippen LogP contribution in [0.4, 0.5) is 4.39 Å². The molecule has 0 aliphatic rings. The standard InChI is InChI=1S/C16H9FN2O2/c17-12-6-3-5-11(8-12)15-18-19-16(21-15)14-9-10-4-1-2-7-13(10)20-14/h1-9H. The fourth-order valence-electron chi connectivity index (χ4n) is 2.15. The Labute approximate surface area is 118 Å². The second-order valence-electron chi connectivity index (χ2n) is 4.57. The largest absolute Gasteiger partial charge is 0.451 e. The Kier molecular flexibility index (Phi) is 2.57. The zero-order valence-corrected chi connectivity index (χ0v) is 10.8. The Morgan fingerprint density at radius 3 is 2.52 bits per heavy atom. The van der Waals surface area contributed by atoms with Crippen molar-refractivity contribution in [2.75, 3.05) is 0 Å². The molecule has 4 rings (SSSR count). The van der Waals surface area contributed by atoms with Crippen molar-refractivity contribution in [2.24, 2.45) is 0 Å². The lowest BCUT2D eigenvalue weighted by atomic mass is 10.2. The molecule has 0 aliphatic heterocycles. The van der Waals surface area contributed by atoms with E-state index in [-0.39, 0.29) is 17.6 Å². The number of hydrogen-bond donors (Lipinski definition) is 0. The molecule has 0 amide bonds. The third kappa shape index (κ3) is 2.08. The van der Waals surface area contributed by atoms with Gasteiger partial charge in [-0.1, -0.05) is 24.3 Å². The van der Waals surface area contributed by atoms with Crippen LogP contribution in [0.1, 0.15) is 0 Å². The van der Waals surface area contributed by atoms with Gasteiger partial charge in [0.1, 0.15) is 11.4 Å². The molecule has 5 heteroatoms. The number of furan rings is 1. The number of aromatic nitrogens is 2. The topological polar surface area (TPSA) is 52.1 Å². The molecule has 4 nitrogen and oxygen atoms in total. The summed E-state index contributed by atoms with van der Waals surface area (Å²) in [5, 5.41) is 8.84. The zero-order chi connectivity index (χ0) is 14.2. The van der Waals surface area contributed by atoms with Gasteiger partial charge < -0.3 is 8.83 Å². The summed E-state index contributed by atoms with van der Waals surface area (Å²) in [5.41, 5.74) is 1.28. The van der Waals surface area contributed by atoms with Crippen molar-refractivity contribution >= 4 is 11.0 Å². The first kappa shape index (κ1) is 11.8. The van der Waals surface area contributed by atoms with Crippen molar-refractivity contribution in [1.29, 1.82) is 0 Å². The van der Waals surface area contributed by atoms with E-state index in [1.807, 2.05) is 30.3 Å². The molecule has 102 valence electrons. The van der Waals surface area contributed by atoms with E-state index in [9.17, 15) is 4.39 Å². The average molecular weight is 280 g/mol. The molecule has 0 aliphatic carbocycles. The number of para-hydroxylation sites is 1. The number of hydrogen-bond acceptors (Lipinski definition) is 4. The molecule has 21 heavy (non-hydrogen) atoms. The smallest absolute Gasteiger partial charge is 0.283 e. The van der Waals surface area contributed by atoms with E-state index < -0.39 is 0 Å². The molecule has 0 unspecified atom stereocenters. The molecule has 0 N–H and O–H groups in total. The summed E-state index contributed by atoms with van der Waals surface area (Å²) in [7, 11) is 0. The summed E-state index contributed by atoms with van der Waals surface area (Å²) in [4.78, 5) is 0. The number of nitrogens with zero attached hydrogens (tertiary/aromatic N) is 2. The molecule has 2 aromatic carbocycles. The van der Waals surface area contributed by atoms with Gasteiger partial charge in [-0.15, -0.1) is 10.2 Å². The monoisotopic (exact) mass is 280 g/mol. The van der Waals surface area contributed by atoms with E-state index in [2.05, 4.69) is 10.2 Å². The van der Waals surface area contributed by atoms with Crippen LogP contribution in [0.5, 0.6) is 0 Å². The summed E-state index contributed by atoms with van der Waals surface area (Å²) in [5.74, 6) is 0.665. The second kappa shape index (κ2) is 4.56. The lowest BCUT2D eigenvalue weighted by Gasteiger charge is -1.93. The van der Waals surface area contributed by atoms with Crippen LogP contribution in [0.15, 0.2) is 63.4 Å². The minimum absolute atomic E-state index is 0.255. The van der Waals surface area contributed by atoms with Crippen LogP contribution in [-0.4, -0.2) is 10.2 Å². The molecular weight excluding hydrogens is 271 g/mol. The molecular formula is C16H9FN2O2. The molecule has 0 bridgehead atoms. The Hall–Kier alpha value is -2.95. The van der Waals surface area contributed by atoms with Crippen molar-refractivity contribution in [3.63, 3.8) is 0 Å². The SMILES string of the molecule is Fc1cccc(-c2nnc(-c3cc4ccccc4o3)o2)c1. The highest BCUT2D eigenvalue weighted by Gasteiger charge is 2.14.